The number of hydrogen-bond donors (Lipinski definition) is 0. The molecule has 3 heterocycles. The molecular weight excluding hydrogens is 320 g/mol. The fourth-order valence-corrected chi connectivity index (χ4v) is 3.79. The van der Waals surface area contributed by atoms with Gasteiger partial charge in [-0.15, -0.1) is 6.58 Å². The molecule has 0 radical (unpaired) electrons. The van der Waals surface area contributed by atoms with Gasteiger partial charge in [-0.2, -0.15) is 0 Å². The lowest BCUT2D eigenvalue weighted by molar-refractivity contribution is 0.172. The van der Waals surface area contributed by atoms with Crippen LogP contribution in [0.25, 0.3) is 0 Å². The van der Waals surface area contributed by atoms with Crippen LogP contribution < -0.4 is 23.7 Å². The lowest BCUT2D eigenvalue weighted by Crippen LogP contribution is -2.07. The maximum absolute atomic E-state index is 6.39. The summed E-state index contributed by atoms with van der Waals surface area (Å²) in [6, 6.07) is 7.97. The third-order valence-electron chi connectivity index (χ3n) is 4.97. The van der Waals surface area contributed by atoms with Crippen molar-refractivity contribution < 1.29 is 23.7 Å². The van der Waals surface area contributed by atoms with Crippen LogP contribution in [0.3, 0.4) is 0 Å². The van der Waals surface area contributed by atoms with Gasteiger partial charge in [-0.1, -0.05) is 19.1 Å². The minimum absolute atomic E-state index is 0.108. The number of rotatable bonds is 3. The maximum Gasteiger partial charge on any atom is 0.231 e. The Labute approximate surface area is 145 Å². The maximum atomic E-state index is 6.39. The van der Waals surface area contributed by atoms with Crippen molar-refractivity contribution in [3.05, 3.63) is 53.6 Å². The number of fused-ring (bicyclic) bond motifs is 4. The van der Waals surface area contributed by atoms with E-state index < -0.39 is 0 Å². The highest BCUT2D eigenvalue weighted by Crippen LogP contribution is 2.56. The van der Waals surface area contributed by atoms with Gasteiger partial charge in [0.1, 0.15) is 11.9 Å². The summed E-state index contributed by atoms with van der Waals surface area (Å²) in [7, 11) is 0. The number of ether oxygens (including phenoxy) is 5. The first-order valence-electron chi connectivity index (χ1n) is 8.38. The molecule has 2 aromatic carbocycles. The van der Waals surface area contributed by atoms with Crippen LogP contribution in [-0.4, -0.2) is 13.6 Å². The van der Waals surface area contributed by atoms with E-state index in [9.17, 15) is 0 Å². The van der Waals surface area contributed by atoms with E-state index in [1.807, 2.05) is 30.3 Å². The van der Waals surface area contributed by atoms with E-state index in [0.717, 1.165) is 51.9 Å². The smallest absolute Gasteiger partial charge is 0.231 e. The van der Waals surface area contributed by atoms with Gasteiger partial charge in [0, 0.05) is 17.0 Å². The zero-order chi connectivity index (χ0) is 17.0. The summed E-state index contributed by atoms with van der Waals surface area (Å²) in [4.78, 5) is 0. The Hall–Kier alpha value is -2.82. The van der Waals surface area contributed by atoms with Gasteiger partial charge in [-0.05, 0) is 30.2 Å². The van der Waals surface area contributed by atoms with E-state index >= 15 is 0 Å². The molecule has 25 heavy (non-hydrogen) atoms. The van der Waals surface area contributed by atoms with E-state index in [0.29, 0.717) is 0 Å². The average Bonchev–Trinajstić information content (AvgIpc) is 3.32. The molecule has 0 unspecified atom stereocenters. The highest BCUT2D eigenvalue weighted by molar-refractivity contribution is 5.63. The minimum atomic E-state index is -0.108. The molecule has 0 aromatic heterocycles. The molecular formula is C20H18O5. The Kier molecular flexibility index (Phi) is 3.10. The summed E-state index contributed by atoms with van der Waals surface area (Å²) < 4.78 is 28.7. The molecule has 5 rings (SSSR count). The second kappa shape index (κ2) is 5.34. The van der Waals surface area contributed by atoms with E-state index in [2.05, 4.69) is 13.5 Å². The topological polar surface area (TPSA) is 46.2 Å². The first-order chi connectivity index (χ1) is 12.3. The van der Waals surface area contributed by atoms with Gasteiger partial charge in [0.2, 0.25) is 13.6 Å². The van der Waals surface area contributed by atoms with Crippen LogP contribution in [0, 0.1) is 0 Å². The highest BCUT2D eigenvalue weighted by atomic mass is 16.7. The van der Waals surface area contributed by atoms with Crippen molar-refractivity contribution in [2.24, 2.45) is 0 Å². The van der Waals surface area contributed by atoms with E-state index in [1.54, 1.807) is 0 Å². The third kappa shape index (κ3) is 2.08. The van der Waals surface area contributed by atoms with E-state index in [-0.39, 0.29) is 25.6 Å². The minimum Gasteiger partial charge on any atom is -0.484 e. The Morgan fingerprint density at radius 1 is 1.00 bits per heavy atom. The lowest BCUT2D eigenvalue weighted by Gasteiger charge is -2.16. The zero-order valence-electron chi connectivity index (χ0n) is 13.9. The first-order valence-corrected chi connectivity index (χ1v) is 8.38. The molecule has 2 atom stereocenters. The first kappa shape index (κ1) is 14.5. The molecule has 0 fully saturated rings. The number of benzene rings is 2. The molecule has 5 heteroatoms. The number of allylic oxidation sites excluding steroid dienone is 1. The summed E-state index contributed by atoms with van der Waals surface area (Å²) in [5.41, 5.74) is 3.21. The lowest BCUT2D eigenvalue weighted by atomic mass is 9.90. The average molecular weight is 338 g/mol. The SMILES string of the molecule is C=CCc1cc2c(c3c1O[C@H](c1ccc4c(c1)OCO4)[C@H]3C)OCO2. The van der Waals surface area contributed by atoms with Crippen molar-refractivity contribution in [1.29, 1.82) is 0 Å². The molecule has 3 aliphatic heterocycles. The van der Waals surface area contributed by atoms with Crippen LogP contribution >= 0.6 is 0 Å². The van der Waals surface area contributed by atoms with Gasteiger partial charge in [-0.3, -0.25) is 0 Å². The number of hydrogen-bond acceptors (Lipinski definition) is 5. The van der Waals surface area contributed by atoms with Crippen LogP contribution in [-0.2, 0) is 6.42 Å². The Morgan fingerprint density at radius 3 is 2.68 bits per heavy atom. The predicted molar refractivity (Wildman–Crippen MR) is 90.8 cm³/mol. The monoisotopic (exact) mass is 338 g/mol. The van der Waals surface area contributed by atoms with Crippen LogP contribution in [0.2, 0.25) is 0 Å². The van der Waals surface area contributed by atoms with Crippen LogP contribution in [0.4, 0.5) is 0 Å². The normalized spacial score (nSPS) is 21.8. The van der Waals surface area contributed by atoms with Crippen LogP contribution in [0.15, 0.2) is 36.9 Å². The van der Waals surface area contributed by atoms with Gasteiger partial charge in [0.15, 0.2) is 23.0 Å². The molecule has 0 saturated carbocycles. The van der Waals surface area contributed by atoms with E-state index in [1.165, 1.54) is 0 Å². The van der Waals surface area contributed by atoms with Crippen molar-refractivity contribution in [3.63, 3.8) is 0 Å². The molecule has 0 aliphatic carbocycles. The standard InChI is InChI=1S/C20H18O5/c1-3-4-12-8-16-20(24-10-23-16)17-11(2)18(25-19(12)17)13-5-6-14-15(7-13)22-9-21-14/h3,5-8,11,18H,1,4,9-10H2,2H3/t11-,18-/m0/s1. The molecule has 3 aliphatic rings. The van der Waals surface area contributed by atoms with Crippen molar-refractivity contribution in [1.82, 2.24) is 0 Å². The fourth-order valence-electron chi connectivity index (χ4n) is 3.79. The third-order valence-corrected chi connectivity index (χ3v) is 4.97. The van der Waals surface area contributed by atoms with Crippen molar-refractivity contribution in [2.45, 2.75) is 25.4 Å². The van der Waals surface area contributed by atoms with Crippen molar-refractivity contribution in [2.75, 3.05) is 13.6 Å². The van der Waals surface area contributed by atoms with Gasteiger partial charge >= 0.3 is 0 Å². The molecule has 0 amide bonds. The highest BCUT2D eigenvalue weighted by Gasteiger charge is 2.40. The van der Waals surface area contributed by atoms with Gasteiger partial charge in [-0.25, -0.2) is 0 Å². The van der Waals surface area contributed by atoms with Crippen molar-refractivity contribution in [3.8, 4) is 28.7 Å². The molecule has 0 N–H and O–H groups in total. The van der Waals surface area contributed by atoms with Crippen LogP contribution in [0.5, 0.6) is 28.7 Å². The Balaban J connectivity index is 1.59. The Morgan fingerprint density at radius 2 is 1.80 bits per heavy atom. The predicted octanol–water partition coefficient (Wildman–Crippen LogP) is 4.11. The quantitative estimate of drug-likeness (QED) is 0.788. The molecule has 0 bridgehead atoms. The summed E-state index contributed by atoms with van der Waals surface area (Å²) in [5.74, 6) is 4.16. The zero-order valence-corrected chi connectivity index (χ0v) is 13.9. The molecule has 0 saturated heterocycles. The Bertz CT molecular complexity index is 873. The summed E-state index contributed by atoms with van der Waals surface area (Å²) in [6.45, 7) is 6.52. The van der Waals surface area contributed by atoms with E-state index in [4.69, 9.17) is 23.7 Å². The molecule has 5 nitrogen and oxygen atoms in total. The van der Waals surface area contributed by atoms with Gasteiger partial charge in [0.25, 0.3) is 0 Å². The summed E-state index contributed by atoms with van der Waals surface area (Å²) in [5, 5.41) is 0. The van der Waals surface area contributed by atoms with Crippen molar-refractivity contribution >= 4 is 0 Å². The van der Waals surface area contributed by atoms with Crippen LogP contribution in [0.1, 0.15) is 35.6 Å². The van der Waals surface area contributed by atoms with Gasteiger partial charge in [0.05, 0.1) is 0 Å². The fraction of sp³-hybridized carbons (Fsp3) is 0.300. The van der Waals surface area contributed by atoms with Gasteiger partial charge < -0.3 is 23.7 Å². The molecule has 0 spiro atoms. The summed E-state index contributed by atoms with van der Waals surface area (Å²) >= 11 is 0. The molecule has 128 valence electrons. The second-order valence-corrected chi connectivity index (χ2v) is 6.44. The molecule has 2 aromatic rings. The summed E-state index contributed by atoms with van der Waals surface area (Å²) in [6.07, 6.45) is 2.49. The second-order valence-electron chi connectivity index (χ2n) is 6.44. The largest absolute Gasteiger partial charge is 0.484 e.